The van der Waals surface area contributed by atoms with E-state index in [2.05, 4.69) is 20.8 Å². The molecule has 2 aromatic carbocycles. The summed E-state index contributed by atoms with van der Waals surface area (Å²) in [7, 11) is 0. The number of urea groups is 1. The third-order valence-electron chi connectivity index (χ3n) is 3.90. The fraction of sp³-hybridized carbons (Fsp3) is 0.222. The summed E-state index contributed by atoms with van der Waals surface area (Å²) >= 11 is 0. The average Bonchev–Trinajstić information content (AvgIpc) is 3.06. The van der Waals surface area contributed by atoms with Crippen LogP contribution in [0.2, 0.25) is 0 Å². The van der Waals surface area contributed by atoms with E-state index >= 15 is 0 Å². The van der Waals surface area contributed by atoms with Gasteiger partial charge in [0, 0.05) is 18.8 Å². The number of halogens is 1. The van der Waals surface area contributed by atoms with Crippen LogP contribution in [0.4, 0.5) is 14.9 Å². The number of hydrogen-bond acceptors (Lipinski definition) is 4. The second-order valence-electron chi connectivity index (χ2n) is 5.76. The lowest BCUT2D eigenvalue weighted by Gasteiger charge is -2.21. The van der Waals surface area contributed by atoms with Gasteiger partial charge in [0.05, 0.1) is 5.69 Å². The number of hydrogen-bond donors (Lipinski definition) is 1. The second kappa shape index (κ2) is 7.73. The first-order valence-electron chi connectivity index (χ1n) is 8.22. The Hall–Kier alpha value is -3.29. The highest BCUT2D eigenvalue weighted by atomic mass is 19.1. The molecule has 0 aliphatic rings. The number of carbonyl (C=O) groups excluding carboxylic acids is 1. The van der Waals surface area contributed by atoms with Crippen LogP contribution in [0.25, 0.3) is 5.69 Å². The molecule has 0 atom stereocenters. The minimum absolute atomic E-state index is 0.262. The van der Waals surface area contributed by atoms with Crippen LogP contribution in [0.3, 0.4) is 0 Å². The van der Waals surface area contributed by atoms with Gasteiger partial charge < -0.3 is 10.2 Å². The predicted octanol–water partition coefficient (Wildman–Crippen LogP) is 3.16. The summed E-state index contributed by atoms with van der Waals surface area (Å²) in [6.45, 7) is 4.49. The molecule has 134 valence electrons. The molecule has 0 aliphatic carbocycles. The summed E-state index contributed by atoms with van der Waals surface area (Å²) in [5.74, 6) is 0.332. The summed E-state index contributed by atoms with van der Waals surface area (Å²) in [5.41, 5.74) is 2.11. The van der Waals surface area contributed by atoms with Gasteiger partial charge in [-0.1, -0.05) is 18.2 Å². The Bertz CT molecular complexity index is 910. The number of carbonyl (C=O) groups is 1. The molecule has 1 aromatic heterocycles. The molecule has 3 aromatic rings. The molecule has 1 heterocycles. The summed E-state index contributed by atoms with van der Waals surface area (Å²) in [5, 5.41) is 14.3. The van der Waals surface area contributed by atoms with E-state index in [1.54, 1.807) is 40.8 Å². The minimum Gasteiger partial charge on any atom is -0.320 e. The molecule has 2 amide bonds. The zero-order chi connectivity index (χ0) is 18.5. The molecule has 0 saturated heterocycles. The van der Waals surface area contributed by atoms with Crippen molar-refractivity contribution in [1.29, 1.82) is 0 Å². The molecule has 0 aliphatic heterocycles. The van der Waals surface area contributed by atoms with E-state index in [4.69, 9.17) is 0 Å². The number of aryl methyl sites for hydroxylation is 1. The molecular weight excluding hydrogens is 335 g/mol. The largest absolute Gasteiger partial charge is 0.322 e. The molecule has 0 spiro atoms. The fourth-order valence-electron chi connectivity index (χ4n) is 2.57. The Labute approximate surface area is 150 Å². The first-order valence-corrected chi connectivity index (χ1v) is 8.22. The number of rotatable bonds is 5. The fourth-order valence-corrected chi connectivity index (χ4v) is 2.57. The third-order valence-corrected chi connectivity index (χ3v) is 3.90. The van der Waals surface area contributed by atoms with Crippen molar-refractivity contribution < 1.29 is 9.18 Å². The Balaban J connectivity index is 1.73. The van der Waals surface area contributed by atoms with Crippen LogP contribution in [0.5, 0.6) is 0 Å². The monoisotopic (exact) mass is 354 g/mol. The predicted molar refractivity (Wildman–Crippen MR) is 95.4 cm³/mol. The summed E-state index contributed by atoms with van der Waals surface area (Å²) in [6, 6.07) is 13.2. The maximum atomic E-state index is 13.3. The average molecular weight is 354 g/mol. The zero-order valence-electron chi connectivity index (χ0n) is 14.6. The van der Waals surface area contributed by atoms with Gasteiger partial charge in [-0.25, -0.2) is 9.18 Å². The maximum absolute atomic E-state index is 13.3. The van der Waals surface area contributed by atoms with Gasteiger partial charge in [-0.15, -0.1) is 5.10 Å². The number of nitrogens with zero attached hydrogens (tertiary/aromatic N) is 5. The van der Waals surface area contributed by atoms with Crippen LogP contribution in [0.1, 0.15) is 18.3 Å². The second-order valence-corrected chi connectivity index (χ2v) is 5.76. The number of aromatic nitrogens is 4. The van der Waals surface area contributed by atoms with Gasteiger partial charge in [-0.05, 0) is 60.2 Å². The molecule has 3 rings (SSSR count). The number of benzene rings is 2. The Morgan fingerprint density at radius 3 is 2.73 bits per heavy atom. The van der Waals surface area contributed by atoms with E-state index in [0.29, 0.717) is 24.6 Å². The molecule has 26 heavy (non-hydrogen) atoms. The van der Waals surface area contributed by atoms with Crippen LogP contribution in [0.15, 0.2) is 48.5 Å². The number of nitrogens with one attached hydrogen (secondary N) is 1. The first kappa shape index (κ1) is 17.5. The Morgan fingerprint density at radius 1 is 1.23 bits per heavy atom. The van der Waals surface area contributed by atoms with Crippen molar-refractivity contribution in [3.8, 4) is 5.69 Å². The summed E-state index contributed by atoms with van der Waals surface area (Å²) in [6.07, 6.45) is 0. The summed E-state index contributed by atoms with van der Waals surface area (Å²) in [4.78, 5) is 14.2. The molecule has 8 heteroatoms. The Morgan fingerprint density at radius 2 is 2.04 bits per heavy atom. The smallest absolute Gasteiger partial charge is 0.320 e. The van der Waals surface area contributed by atoms with Crippen LogP contribution >= 0.6 is 0 Å². The number of amides is 2. The standard InChI is InChI=1S/C18H19FN6O/c1-3-24(12-14-6-4-7-15(19)10-14)18(26)20-16-8-5-9-17(11-16)25-13(2)21-22-23-25/h4-11H,3,12H2,1-2H3,(H,20,26). The normalized spacial score (nSPS) is 10.6. The van der Waals surface area contributed by atoms with Gasteiger partial charge in [-0.3, -0.25) is 0 Å². The zero-order valence-corrected chi connectivity index (χ0v) is 14.6. The Kier molecular flexibility index (Phi) is 5.21. The molecule has 0 fully saturated rings. The van der Waals surface area contributed by atoms with Crippen LogP contribution in [0, 0.1) is 12.7 Å². The van der Waals surface area contributed by atoms with Gasteiger partial charge >= 0.3 is 6.03 Å². The van der Waals surface area contributed by atoms with Crippen molar-refractivity contribution in [1.82, 2.24) is 25.1 Å². The van der Waals surface area contributed by atoms with Gasteiger partial charge in [0.1, 0.15) is 5.82 Å². The van der Waals surface area contributed by atoms with Crippen LogP contribution in [-0.2, 0) is 6.54 Å². The lowest BCUT2D eigenvalue weighted by atomic mass is 10.2. The van der Waals surface area contributed by atoms with Gasteiger partial charge in [0.15, 0.2) is 5.82 Å². The van der Waals surface area contributed by atoms with Crippen LogP contribution in [-0.4, -0.2) is 37.7 Å². The van der Waals surface area contributed by atoms with E-state index < -0.39 is 0 Å². The lowest BCUT2D eigenvalue weighted by molar-refractivity contribution is 0.212. The van der Waals surface area contributed by atoms with E-state index in [0.717, 1.165) is 11.3 Å². The molecule has 0 unspecified atom stereocenters. The highest BCUT2D eigenvalue weighted by Gasteiger charge is 2.13. The first-order chi connectivity index (χ1) is 12.6. The molecule has 7 nitrogen and oxygen atoms in total. The maximum Gasteiger partial charge on any atom is 0.322 e. The van der Waals surface area contributed by atoms with Crippen molar-refractivity contribution >= 4 is 11.7 Å². The third kappa shape index (κ3) is 4.02. The topological polar surface area (TPSA) is 75.9 Å². The van der Waals surface area contributed by atoms with Crippen molar-refractivity contribution in [2.75, 3.05) is 11.9 Å². The number of anilines is 1. The highest BCUT2D eigenvalue weighted by Crippen LogP contribution is 2.16. The minimum atomic E-state index is -0.316. The molecule has 1 N–H and O–H groups in total. The van der Waals surface area contributed by atoms with Gasteiger partial charge in [0.2, 0.25) is 0 Å². The van der Waals surface area contributed by atoms with Gasteiger partial charge in [0.25, 0.3) is 0 Å². The molecular formula is C18H19FN6O. The quantitative estimate of drug-likeness (QED) is 0.764. The van der Waals surface area contributed by atoms with E-state index in [1.807, 2.05) is 19.1 Å². The van der Waals surface area contributed by atoms with E-state index in [-0.39, 0.29) is 11.8 Å². The highest BCUT2D eigenvalue weighted by molar-refractivity contribution is 5.89. The van der Waals surface area contributed by atoms with Crippen molar-refractivity contribution in [3.63, 3.8) is 0 Å². The molecule has 0 radical (unpaired) electrons. The van der Waals surface area contributed by atoms with Crippen molar-refractivity contribution in [3.05, 3.63) is 65.7 Å². The van der Waals surface area contributed by atoms with Gasteiger partial charge in [-0.2, -0.15) is 4.68 Å². The molecule has 0 saturated carbocycles. The van der Waals surface area contributed by atoms with Crippen LogP contribution < -0.4 is 5.32 Å². The lowest BCUT2D eigenvalue weighted by Crippen LogP contribution is -2.34. The number of tetrazole rings is 1. The van der Waals surface area contributed by atoms with Crippen molar-refractivity contribution in [2.24, 2.45) is 0 Å². The van der Waals surface area contributed by atoms with E-state index in [1.165, 1.54) is 12.1 Å². The SMILES string of the molecule is CCN(Cc1cccc(F)c1)C(=O)Nc1cccc(-n2nnnc2C)c1. The summed E-state index contributed by atoms with van der Waals surface area (Å²) < 4.78 is 14.9. The molecule has 0 bridgehead atoms. The van der Waals surface area contributed by atoms with E-state index in [9.17, 15) is 9.18 Å². The van der Waals surface area contributed by atoms with Crippen molar-refractivity contribution in [2.45, 2.75) is 20.4 Å².